The molecular weight excluding hydrogens is 238 g/mol. The third-order valence-corrected chi connectivity index (χ3v) is 4.26. The monoisotopic (exact) mass is 251 g/mol. The lowest BCUT2D eigenvalue weighted by Gasteiger charge is -2.17. The smallest absolute Gasteiger partial charge is 0.0175 e. The van der Waals surface area contributed by atoms with E-state index in [1.54, 1.807) is 0 Å². The third kappa shape index (κ3) is 1.32. The predicted octanol–water partition coefficient (Wildman–Crippen LogP) is 2.92. The van der Waals surface area contributed by atoms with E-state index in [0.29, 0.717) is 5.41 Å². The largest absolute Gasteiger partial charge is 0.316 e. The summed E-state index contributed by atoms with van der Waals surface area (Å²) in [4.78, 5) is 0. The van der Waals surface area contributed by atoms with Gasteiger partial charge in [-0.25, -0.2) is 0 Å². The van der Waals surface area contributed by atoms with Gasteiger partial charge in [0.15, 0.2) is 0 Å². The van der Waals surface area contributed by atoms with Crippen molar-refractivity contribution in [3.63, 3.8) is 0 Å². The van der Waals surface area contributed by atoms with E-state index in [2.05, 4.69) is 45.5 Å². The summed E-state index contributed by atoms with van der Waals surface area (Å²) in [5.74, 6) is 0.760. The summed E-state index contributed by atoms with van der Waals surface area (Å²) in [6.07, 6.45) is 2.83. The van der Waals surface area contributed by atoms with Crippen LogP contribution in [0.3, 0.4) is 0 Å². The minimum atomic E-state index is 0.633. The van der Waals surface area contributed by atoms with Gasteiger partial charge in [-0.05, 0) is 36.0 Å². The van der Waals surface area contributed by atoms with Crippen LogP contribution in [0.15, 0.2) is 28.7 Å². The van der Waals surface area contributed by atoms with Gasteiger partial charge in [-0.1, -0.05) is 28.1 Å². The first-order valence-electron chi connectivity index (χ1n) is 5.26. The molecule has 0 bridgehead atoms. The zero-order valence-corrected chi connectivity index (χ0v) is 9.68. The summed E-state index contributed by atoms with van der Waals surface area (Å²) >= 11 is 3.48. The van der Waals surface area contributed by atoms with Crippen LogP contribution in [-0.4, -0.2) is 13.1 Å². The first-order chi connectivity index (χ1) is 6.80. The van der Waals surface area contributed by atoms with Crippen molar-refractivity contribution in [1.82, 2.24) is 5.32 Å². The lowest BCUT2D eigenvalue weighted by Crippen LogP contribution is -2.11. The summed E-state index contributed by atoms with van der Waals surface area (Å²) in [6.45, 7) is 2.40. The molecule has 1 aromatic rings. The van der Waals surface area contributed by atoms with Crippen LogP contribution < -0.4 is 5.32 Å². The zero-order chi connectivity index (χ0) is 9.60. The molecule has 1 N–H and O–H groups in total. The average Bonchev–Trinajstić information content (AvgIpc) is 2.82. The Bertz CT molecular complexity index is 340. The fourth-order valence-corrected chi connectivity index (χ4v) is 2.92. The van der Waals surface area contributed by atoms with Crippen LogP contribution in [0.2, 0.25) is 0 Å². The van der Waals surface area contributed by atoms with E-state index in [1.165, 1.54) is 36.0 Å². The normalized spacial score (nSPS) is 28.2. The maximum Gasteiger partial charge on any atom is 0.0175 e. The molecule has 0 radical (unpaired) electrons. The molecule has 1 saturated carbocycles. The summed E-state index contributed by atoms with van der Waals surface area (Å²) in [7, 11) is 0. The van der Waals surface area contributed by atoms with Crippen molar-refractivity contribution in [3.05, 3.63) is 34.3 Å². The molecular formula is C12H14BrN. The Balaban J connectivity index is 1.91. The summed E-state index contributed by atoms with van der Waals surface area (Å²) < 4.78 is 1.18. The molecule has 1 aromatic carbocycles. The molecule has 1 saturated heterocycles. The number of hydrogen-bond acceptors (Lipinski definition) is 1. The fraction of sp³-hybridized carbons (Fsp3) is 0.500. The molecule has 74 valence electrons. The van der Waals surface area contributed by atoms with E-state index in [0.717, 1.165) is 5.92 Å². The van der Waals surface area contributed by atoms with E-state index >= 15 is 0 Å². The highest BCUT2D eigenvalue weighted by atomic mass is 79.9. The highest BCUT2D eigenvalue weighted by Crippen LogP contribution is 2.57. The van der Waals surface area contributed by atoms with Crippen LogP contribution in [0, 0.1) is 5.41 Å². The van der Waals surface area contributed by atoms with Gasteiger partial charge >= 0.3 is 0 Å². The number of hydrogen-bond donors (Lipinski definition) is 1. The molecule has 1 aliphatic carbocycles. The molecule has 14 heavy (non-hydrogen) atoms. The number of halogens is 1. The second kappa shape index (κ2) is 3.07. The van der Waals surface area contributed by atoms with E-state index in [4.69, 9.17) is 0 Å². The van der Waals surface area contributed by atoms with Gasteiger partial charge in [-0.3, -0.25) is 0 Å². The molecule has 3 rings (SSSR count). The van der Waals surface area contributed by atoms with Crippen LogP contribution >= 0.6 is 15.9 Å². The van der Waals surface area contributed by atoms with Gasteiger partial charge in [0, 0.05) is 23.5 Å². The number of nitrogens with one attached hydrogen (secondary N) is 1. The van der Waals surface area contributed by atoms with Gasteiger partial charge in [0.05, 0.1) is 0 Å². The molecule has 2 heteroatoms. The van der Waals surface area contributed by atoms with E-state index < -0.39 is 0 Å². The quantitative estimate of drug-likeness (QED) is 0.810. The Hall–Kier alpha value is -0.340. The molecule has 2 fully saturated rings. The van der Waals surface area contributed by atoms with Crippen LogP contribution in [-0.2, 0) is 0 Å². The first-order valence-corrected chi connectivity index (χ1v) is 6.06. The van der Waals surface area contributed by atoms with Gasteiger partial charge in [0.25, 0.3) is 0 Å². The minimum absolute atomic E-state index is 0.633. The lowest BCUT2D eigenvalue weighted by molar-refractivity contribution is 0.502. The Kier molecular flexibility index (Phi) is 1.96. The van der Waals surface area contributed by atoms with Crippen molar-refractivity contribution in [1.29, 1.82) is 0 Å². The Morgan fingerprint density at radius 3 is 2.57 bits per heavy atom. The van der Waals surface area contributed by atoms with E-state index in [9.17, 15) is 0 Å². The highest BCUT2D eigenvalue weighted by molar-refractivity contribution is 9.10. The summed E-state index contributed by atoms with van der Waals surface area (Å²) in [5.41, 5.74) is 2.14. The van der Waals surface area contributed by atoms with Gasteiger partial charge < -0.3 is 5.32 Å². The number of rotatable bonds is 1. The number of benzene rings is 1. The average molecular weight is 252 g/mol. The lowest BCUT2D eigenvalue weighted by atomic mass is 9.86. The molecule has 1 nitrogen and oxygen atoms in total. The van der Waals surface area contributed by atoms with Crippen LogP contribution in [0.25, 0.3) is 0 Å². The van der Waals surface area contributed by atoms with E-state index in [1.807, 2.05) is 0 Å². The van der Waals surface area contributed by atoms with Gasteiger partial charge in [-0.2, -0.15) is 0 Å². The molecule has 1 heterocycles. The van der Waals surface area contributed by atoms with Gasteiger partial charge in [0.2, 0.25) is 0 Å². The SMILES string of the molecule is Brc1ccc([C@@H]2CNCC23CC3)cc1. The summed E-state index contributed by atoms with van der Waals surface area (Å²) in [5, 5.41) is 3.53. The molecule has 0 amide bonds. The van der Waals surface area contributed by atoms with Crippen molar-refractivity contribution in [2.75, 3.05) is 13.1 Å². The van der Waals surface area contributed by atoms with Gasteiger partial charge in [-0.15, -0.1) is 0 Å². The Labute approximate surface area is 93.0 Å². The maximum absolute atomic E-state index is 3.53. The maximum atomic E-state index is 3.53. The Morgan fingerprint density at radius 1 is 1.21 bits per heavy atom. The second-order valence-corrected chi connectivity index (χ2v) is 5.51. The van der Waals surface area contributed by atoms with Crippen molar-refractivity contribution in [3.8, 4) is 0 Å². The summed E-state index contributed by atoms with van der Waals surface area (Å²) in [6, 6.07) is 8.84. The molecule has 0 aromatic heterocycles. The molecule has 0 unspecified atom stereocenters. The third-order valence-electron chi connectivity index (χ3n) is 3.73. The predicted molar refractivity (Wildman–Crippen MR) is 61.4 cm³/mol. The zero-order valence-electron chi connectivity index (χ0n) is 8.09. The second-order valence-electron chi connectivity index (χ2n) is 4.60. The van der Waals surface area contributed by atoms with Crippen molar-refractivity contribution in [2.45, 2.75) is 18.8 Å². The van der Waals surface area contributed by atoms with Crippen LogP contribution in [0.1, 0.15) is 24.3 Å². The van der Waals surface area contributed by atoms with Crippen molar-refractivity contribution < 1.29 is 0 Å². The molecule has 2 aliphatic rings. The molecule has 1 atom stereocenters. The van der Waals surface area contributed by atoms with E-state index in [-0.39, 0.29) is 0 Å². The van der Waals surface area contributed by atoms with Crippen molar-refractivity contribution >= 4 is 15.9 Å². The van der Waals surface area contributed by atoms with Crippen LogP contribution in [0.4, 0.5) is 0 Å². The molecule has 1 aliphatic heterocycles. The minimum Gasteiger partial charge on any atom is -0.316 e. The fourth-order valence-electron chi connectivity index (χ4n) is 2.66. The van der Waals surface area contributed by atoms with Gasteiger partial charge in [0.1, 0.15) is 0 Å². The standard InChI is InChI=1S/C12H14BrN/c13-10-3-1-9(2-4-10)11-7-14-8-12(11)5-6-12/h1-4,11,14H,5-8H2/t11-/m0/s1. The van der Waals surface area contributed by atoms with Crippen LogP contribution in [0.5, 0.6) is 0 Å². The Morgan fingerprint density at radius 2 is 1.93 bits per heavy atom. The topological polar surface area (TPSA) is 12.0 Å². The molecule has 1 spiro atoms. The highest BCUT2D eigenvalue weighted by Gasteiger charge is 2.52. The first kappa shape index (κ1) is 8.93. The van der Waals surface area contributed by atoms with Crippen molar-refractivity contribution in [2.24, 2.45) is 5.41 Å².